The van der Waals surface area contributed by atoms with Crippen molar-refractivity contribution >= 4 is 15.7 Å². The molecule has 0 spiro atoms. The van der Waals surface area contributed by atoms with E-state index in [2.05, 4.69) is 0 Å². The third-order valence-electron chi connectivity index (χ3n) is 4.00. The number of rotatable bonds is 4. The van der Waals surface area contributed by atoms with Crippen LogP contribution in [0.2, 0.25) is 0 Å². The molecule has 0 heterocycles. The van der Waals surface area contributed by atoms with Gasteiger partial charge in [-0.15, -0.1) is 0 Å². The Balaban J connectivity index is 2.22. The second-order valence-electron chi connectivity index (χ2n) is 5.71. The Labute approximate surface area is 120 Å². The molecule has 0 atom stereocenters. The number of nitrogens with two attached hydrogens (primary N) is 1. The van der Waals surface area contributed by atoms with Gasteiger partial charge in [0.2, 0.25) is 10.0 Å². The lowest BCUT2D eigenvalue weighted by Gasteiger charge is -2.28. The SMILES string of the molecule is Cc1cc(S(=O)(=O)N(C)CC2(O)CCCC2)ccc1N. The van der Waals surface area contributed by atoms with Gasteiger partial charge in [0.25, 0.3) is 0 Å². The zero-order valence-electron chi connectivity index (χ0n) is 12.0. The van der Waals surface area contributed by atoms with Gasteiger partial charge in [-0.2, -0.15) is 4.31 Å². The fourth-order valence-electron chi connectivity index (χ4n) is 2.68. The van der Waals surface area contributed by atoms with Crippen LogP contribution in [0.3, 0.4) is 0 Å². The number of sulfonamides is 1. The molecule has 0 unspecified atom stereocenters. The molecule has 5 nitrogen and oxygen atoms in total. The molecule has 6 heteroatoms. The van der Waals surface area contributed by atoms with Gasteiger partial charge in [-0.1, -0.05) is 12.8 Å². The van der Waals surface area contributed by atoms with Crippen LogP contribution < -0.4 is 5.73 Å². The predicted octanol–water partition coefficient (Wildman–Crippen LogP) is 1.50. The molecule has 0 saturated heterocycles. The Morgan fingerprint density at radius 3 is 2.50 bits per heavy atom. The van der Waals surface area contributed by atoms with Crippen LogP contribution in [0.4, 0.5) is 5.69 Å². The van der Waals surface area contributed by atoms with E-state index in [4.69, 9.17) is 5.73 Å². The number of hydrogen-bond donors (Lipinski definition) is 2. The van der Waals surface area contributed by atoms with E-state index >= 15 is 0 Å². The lowest BCUT2D eigenvalue weighted by atomic mass is 10.0. The molecule has 0 aliphatic heterocycles. The second-order valence-corrected chi connectivity index (χ2v) is 7.76. The lowest BCUT2D eigenvalue weighted by Crippen LogP contribution is -2.41. The van der Waals surface area contributed by atoms with Gasteiger partial charge >= 0.3 is 0 Å². The molecule has 3 N–H and O–H groups in total. The fraction of sp³-hybridized carbons (Fsp3) is 0.571. The minimum absolute atomic E-state index is 0.138. The molecule has 0 radical (unpaired) electrons. The minimum atomic E-state index is -3.59. The Kier molecular flexibility index (Phi) is 4.09. The summed E-state index contributed by atoms with van der Waals surface area (Å²) in [6.45, 7) is 1.91. The Morgan fingerprint density at radius 1 is 1.35 bits per heavy atom. The van der Waals surface area contributed by atoms with Crippen LogP contribution in [0, 0.1) is 6.92 Å². The second kappa shape index (κ2) is 5.35. The molecule has 112 valence electrons. The average Bonchev–Trinajstić information content (AvgIpc) is 2.79. The number of aryl methyl sites for hydroxylation is 1. The normalized spacial score (nSPS) is 18.6. The average molecular weight is 298 g/mol. The maximum Gasteiger partial charge on any atom is 0.242 e. The van der Waals surface area contributed by atoms with E-state index < -0.39 is 15.6 Å². The van der Waals surface area contributed by atoms with Crippen molar-refractivity contribution in [2.75, 3.05) is 19.3 Å². The molecular formula is C14H22N2O3S. The van der Waals surface area contributed by atoms with E-state index in [1.54, 1.807) is 19.1 Å². The van der Waals surface area contributed by atoms with Crippen molar-refractivity contribution in [1.82, 2.24) is 4.31 Å². The van der Waals surface area contributed by atoms with Crippen LogP contribution in [0.1, 0.15) is 31.2 Å². The highest BCUT2D eigenvalue weighted by atomic mass is 32.2. The van der Waals surface area contributed by atoms with Crippen molar-refractivity contribution in [2.45, 2.75) is 43.1 Å². The summed E-state index contributed by atoms with van der Waals surface area (Å²) in [6.07, 6.45) is 3.22. The summed E-state index contributed by atoms with van der Waals surface area (Å²) >= 11 is 0. The number of likely N-dealkylation sites (N-methyl/N-ethyl adjacent to an activating group) is 1. The van der Waals surface area contributed by atoms with Crippen LogP contribution in [-0.4, -0.2) is 37.0 Å². The van der Waals surface area contributed by atoms with Crippen molar-refractivity contribution in [2.24, 2.45) is 0 Å². The predicted molar refractivity (Wildman–Crippen MR) is 78.8 cm³/mol. The first kappa shape index (κ1) is 15.3. The maximum absolute atomic E-state index is 12.5. The summed E-state index contributed by atoms with van der Waals surface area (Å²) in [5, 5.41) is 10.3. The van der Waals surface area contributed by atoms with Crippen LogP contribution >= 0.6 is 0 Å². The van der Waals surface area contributed by atoms with Crippen molar-refractivity contribution < 1.29 is 13.5 Å². The van der Waals surface area contributed by atoms with E-state index in [0.29, 0.717) is 18.5 Å². The largest absolute Gasteiger partial charge is 0.399 e. The molecule has 1 saturated carbocycles. The van der Waals surface area contributed by atoms with E-state index in [1.165, 1.54) is 17.4 Å². The van der Waals surface area contributed by atoms with Crippen molar-refractivity contribution in [1.29, 1.82) is 0 Å². The molecule has 1 fully saturated rings. The monoisotopic (exact) mass is 298 g/mol. The van der Waals surface area contributed by atoms with Crippen LogP contribution in [0.5, 0.6) is 0 Å². The Morgan fingerprint density at radius 2 is 1.95 bits per heavy atom. The van der Waals surface area contributed by atoms with Crippen molar-refractivity contribution in [3.05, 3.63) is 23.8 Å². The smallest absolute Gasteiger partial charge is 0.242 e. The first-order chi connectivity index (χ1) is 9.24. The van der Waals surface area contributed by atoms with Gasteiger partial charge in [-0.05, 0) is 43.5 Å². The van der Waals surface area contributed by atoms with E-state index in [9.17, 15) is 13.5 Å². The zero-order valence-corrected chi connectivity index (χ0v) is 12.8. The fourth-order valence-corrected chi connectivity index (χ4v) is 4.02. The highest BCUT2D eigenvalue weighted by molar-refractivity contribution is 7.89. The van der Waals surface area contributed by atoms with E-state index in [0.717, 1.165) is 18.4 Å². The van der Waals surface area contributed by atoms with Crippen LogP contribution in [-0.2, 0) is 10.0 Å². The lowest BCUT2D eigenvalue weighted by molar-refractivity contribution is 0.0333. The van der Waals surface area contributed by atoms with Crippen molar-refractivity contribution in [3.63, 3.8) is 0 Å². The Hall–Kier alpha value is -1.11. The Bertz CT molecular complexity index is 592. The van der Waals surface area contributed by atoms with Gasteiger partial charge in [0, 0.05) is 19.3 Å². The van der Waals surface area contributed by atoms with Crippen LogP contribution in [0.15, 0.2) is 23.1 Å². The molecule has 0 amide bonds. The van der Waals surface area contributed by atoms with Gasteiger partial charge in [0.05, 0.1) is 10.5 Å². The number of aliphatic hydroxyl groups is 1. The first-order valence-electron chi connectivity index (χ1n) is 6.79. The summed E-state index contributed by atoms with van der Waals surface area (Å²) in [4.78, 5) is 0.216. The molecule has 1 aromatic rings. The molecule has 0 aromatic heterocycles. The molecule has 1 aliphatic rings. The number of anilines is 1. The molecular weight excluding hydrogens is 276 g/mol. The minimum Gasteiger partial charge on any atom is -0.399 e. The summed E-state index contributed by atoms with van der Waals surface area (Å²) in [5.74, 6) is 0. The van der Waals surface area contributed by atoms with E-state index in [-0.39, 0.29) is 11.4 Å². The maximum atomic E-state index is 12.5. The highest BCUT2D eigenvalue weighted by Gasteiger charge is 2.35. The first-order valence-corrected chi connectivity index (χ1v) is 8.23. The van der Waals surface area contributed by atoms with Gasteiger partial charge in [0.15, 0.2) is 0 Å². The number of nitrogen functional groups attached to an aromatic ring is 1. The third kappa shape index (κ3) is 2.97. The summed E-state index contributed by atoms with van der Waals surface area (Å²) in [7, 11) is -2.07. The van der Waals surface area contributed by atoms with Gasteiger partial charge in [-0.25, -0.2) is 8.42 Å². The molecule has 0 bridgehead atoms. The highest BCUT2D eigenvalue weighted by Crippen LogP contribution is 2.31. The quantitative estimate of drug-likeness (QED) is 0.825. The summed E-state index contributed by atoms with van der Waals surface area (Å²) < 4.78 is 26.2. The molecule has 1 aromatic carbocycles. The summed E-state index contributed by atoms with van der Waals surface area (Å²) in [6, 6.07) is 4.67. The van der Waals surface area contributed by atoms with E-state index in [1.807, 2.05) is 0 Å². The molecule has 20 heavy (non-hydrogen) atoms. The van der Waals surface area contributed by atoms with Gasteiger partial charge in [-0.3, -0.25) is 0 Å². The van der Waals surface area contributed by atoms with Gasteiger partial charge < -0.3 is 10.8 Å². The third-order valence-corrected chi connectivity index (χ3v) is 5.80. The number of nitrogens with zero attached hydrogens (tertiary/aromatic N) is 1. The topological polar surface area (TPSA) is 83.6 Å². The zero-order chi connectivity index (χ0) is 15.0. The standard InChI is InChI=1S/C14H22N2O3S/c1-11-9-12(5-6-13(11)15)20(18,19)16(2)10-14(17)7-3-4-8-14/h5-6,9,17H,3-4,7-8,10,15H2,1-2H3. The van der Waals surface area contributed by atoms with Crippen LogP contribution in [0.25, 0.3) is 0 Å². The molecule has 1 aliphatic carbocycles. The number of hydrogen-bond acceptors (Lipinski definition) is 4. The van der Waals surface area contributed by atoms with Gasteiger partial charge in [0.1, 0.15) is 0 Å². The van der Waals surface area contributed by atoms with Crippen molar-refractivity contribution in [3.8, 4) is 0 Å². The summed E-state index contributed by atoms with van der Waals surface area (Å²) in [5.41, 5.74) is 6.13. The molecule has 2 rings (SSSR count). The number of benzene rings is 1.